The molecule has 0 aliphatic carbocycles. The van der Waals surface area contributed by atoms with Gasteiger partial charge in [-0.15, -0.1) is 11.3 Å². The summed E-state index contributed by atoms with van der Waals surface area (Å²) in [6.07, 6.45) is 4.21. The Balaban J connectivity index is 1.61. The number of fused-ring (bicyclic) bond motifs is 1. The Labute approximate surface area is 123 Å². The Bertz CT molecular complexity index is 495. The average molecular weight is 291 g/mol. The molecular weight excluding hydrogens is 270 g/mol. The Morgan fingerprint density at radius 1 is 1.32 bits per heavy atom. The minimum absolute atomic E-state index is 0.472. The molecule has 1 aromatic heterocycles. The number of thioether (sulfide) groups is 1. The highest BCUT2D eigenvalue weighted by Crippen LogP contribution is 2.30. The van der Waals surface area contributed by atoms with E-state index in [1.54, 1.807) is 0 Å². The van der Waals surface area contributed by atoms with Crippen molar-refractivity contribution in [2.45, 2.75) is 37.5 Å². The van der Waals surface area contributed by atoms with E-state index in [0.717, 1.165) is 11.8 Å². The molecule has 1 saturated heterocycles. The molecule has 0 amide bonds. The largest absolute Gasteiger partial charge is 0.308 e. The summed E-state index contributed by atoms with van der Waals surface area (Å²) in [6.45, 7) is 3.44. The van der Waals surface area contributed by atoms with Gasteiger partial charge in [-0.05, 0) is 43.0 Å². The second kappa shape index (κ2) is 6.29. The summed E-state index contributed by atoms with van der Waals surface area (Å²) >= 11 is 4.07. The summed E-state index contributed by atoms with van der Waals surface area (Å²) in [5.41, 5.74) is 0. The maximum atomic E-state index is 3.72. The van der Waals surface area contributed by atoms with Crippen LogP contribution in [0.1, 0.15) is 37.1 Å². The second-order valence-corrected chi connectivity index (χ2v) is 7.83. The summed E-state index contributed by atoms with van der Waals surface area (Å²) in [4.78, 5) is 1.46. The number of hydrogen-bond acceptors (Lipinski definition) is 3. The Morgan fingerprint density at radius 3 is 3.00 bits per heavy atom. The molecule has 2 unspecified atom stereocenters. The van der Waals surface area contributed by atoms with Crippen LogP contribution >= 0.6 is 23.1 Å². The first kappa shape index (κ1) is 13.5. The van der Waals surface area contributed by atoms with Crippen molar-refractivity contribution in [3.8, 4) is 0 Å². The standard InChI is InChI=1S/C16H21NS2/c1-12(17-11-14-7-4-5-9-18-14)16-10-13-6-2-3-8-15(13)19-16/h2-3,6,8,10,12,14,17H,4-5,7,9,11H2,1H3. The fourth-order valence-corrected chi connectivity index (χ4v) is 4.94. The lowest BCUT2D eigenvalue weighted by molar-refractivity contribution is 0.544. The van der Waals surface area contributed by atoms with E-state index in [1.165, 1.54) is 40.0 Å². The third kappa shape index (κ3) is 3.33. The van der Waals surface area contributed by atoms with Crippen molar-refractivity contribution < 1.29 is 0 Å². The zero-order valence-electron chi connectivity index (χ0n) is 11.4. The minimum atomic E-state index is 0.472. The van der Waals surface area contributed by atoms with Crippen LogP contribution in [0.5, 0.6) is 0 Å². The molecule has 0 spiro atoms. The quantitative estimate of drug-likeness (QED) is 0.865. The van der Waals surface area contributed by atoms with Gasteiger partial charge in [0.1, 0.15) is 0 Å². The predicted octanol–water partition coefficient (Wildman–Crippen LogP) is 4.84. The lowest BCUT2D eigenvalue weighted by atomic mass is 10.1. The molecule has 1 nitrogen and oxygen atoms in total. The maximum Gasteiger partial charge on any atom is 0.0386 e. The van der Waals surface area contributed by atoms with E-state index >= 15 is 0 Å². The van der Waals surface area contributed by atoms with Crippen LogP contribution in [0.2, 0.25) is 0 Å². The van der Waals surface area contributed by atoms with Gasteiger partial charge in [0.15, 0.2) is 0 Å². The van der Waals surface area contributed by atoms with Gasteiger partial charge in [0.2, 0.25) is 0 Å². The van der Waals surface area contributed by atoms with E-state index < -0.39 is 0 Å². The lowest BCUT2D eigenvalue weighted by Crippen LogP contribution is -2.28. The number of hydrogen-bond donors (Lipinski definition) is 1. The number of thiophene rings is 1. The first-order valence-corrected chi connectivity index (χ1v) is 9.03. The molecule has 1 aliphatic heterocycles. The first-order chi connectivity index (χ1) is 9.33. The lowest BCUT2D eigenvalue weighted by Gasteiger charge is -2.23. The highest BCUT2D eigenvalue weighted by atomic mass is 32.2. The van der Waals surface area contributed by atoms with Crippen molar-refractivity contribution >= 4 is 33.2 Å². The highest BCUT2D eigenvalue weighted by Gasteiger charge is 2.16. The van der Waals surface area contributed by atoms with Gasteiger partial charge < -0.3 is 5.32 Å². The molecule has 1 N–H and O–H groups in total. The maximum absolute atomic E-state index is 3.72. The molecule has 3 heteroatoms. The molecule has 2 atom stereocenters. The van der Waals surface area contributed by atoms with Crippen molar-refractivity contribution in [2.75, 3.05) is 12.3 Å². The summed E-state index contributed by atoms with van der Waals surface area (Å²) < 4.78 is 1.40. The molecule has 0 saturated carbocycles. The predicted molar refractivity (Wildman–Crippen MR) is 88.3 cm³/mol. The third-order valence-electron chi connectivity index (χ3n) is 3.80. The van der Waals surface area contributed by atoms with Gasteiger partial charge in [0.25, 0.3) is 0 Å². The zero-order valence-corrected chi connectivity index (χ0v) is 13.0. The van der Waals surface area contributed by atoms with Crippen molar-refractivity contribution in [2.24, 2.45) is 0 Å². The Kier molecular flexibility index (Phi) is 4.46. The topological polar surface area (TPSA) is 12.0 Å². The van der Waals surface area contributed by atoms with E-state index in [1.807, 2.05) is 11.3 Å². The van der Waals surface area contributed by atoms with Crippen LogP contribution in [0.3, 0.4) is 0 Å². The molecule has 19 heavy (non-hydrogen) atoms. The minimum Gasteiger partial charge on any atom is -0.308 e. The second-order valence-electron chi connectivity index (χ2n) is 5.31. The summed E-state index contributed by atoms with van der Waals surface area (Å²) in [7, 11) is 0. The van der Waals surface area contributed by atoms with Crippen LogP contribution in [0.25, 0.3) is 10.1 Å². The number of rotatable bonds is 4. The molecule has 0 bridgehead atoms. The van der Waals surface area contributed by atoms with Gasteiger partial charge in [-0.1, -0.05) is 24.6 Å². The van der Waals surface area contributed by atoms with E-state index in [0.29, 0.717) is 6.04 Å². The van der Waals surface area contributed by atoms with Crippen molar-refractivity contribution in [3.05, 3.63) is 35.2 Å². The van der Waals surface area contributed by atoms with Gasteiger partial charge in [-0.25, -0.2) is 0 Å². The zero-order chi connectivity index (χ0) is 13.1. The van der Waals surface area contributed by atoms with Gasteiger partial charge in [0, 0.05) is 27.4 Å². The summed E-state index contributed by atoms with van der Waals surface area (Å²) in [5, 5.41) is 5.92. The Hall–Kier alpha value is -0.510. The van der Waals surface area contributed by atoms with Crippen LogP contribution in [0.4, 0.5) is 0 Å². The normalized spacial score (nSPS) is 21.6. The van der Waals surface area contributed by atoms with Crippen LogP contribution in [-0.4, -0.2) is 17.5 Å². The fraction of sp³-hybridized carbons (Fsp3) is 0.500. The highest BCUT2D eigenvalue weighted by molar-refractivity contribution is 7.99. The number of nitrogens with one attached hydrogen (secondary N) is 1. The Morgan fingerprint density at radius 2 is 2.21 bits per heavy atom. The van der Waals surface area contributed by atoms with E-state index in [2.05, 4.69) is 54.3 Å². The average Bonchev–Trinajstić information content (AvgIpc) is 2.90. The molecular formula is C16H21NS2. The van der Waals surface area contributed by atoms with Gasteiger partial charge in [-0.3, -0.25) is 0 Å². The third-order valence-corrected chi connectivity index (χ3v) is 6.49. The fourth-order valence-electron chi connectivity index (χ4n) is 2.59. The molecule has 102 valence electrons. The van der Waals surface area contributed by atoms with Crippen molar-refractivity contribution in [1.29, 1.82) is 0 Å². The van der Waals surface area contributed by atoms with E-state index in [4.69, 9.17) is 0 Å². The van der Waals surface area contributed by atoms with Gasteiger partial charge in [0.05, 0.1) is 0 Å². The van der Waals surface area contributed by atoms with Gasteiger partial charge >= 0.3 is 0 Å². The van der Waals surface area contributed by atoms with E-state index in [9.17, 15) is 0 Å². The SMILES string of the molecule is CC(NCC1CCCCS1)c1cc2ccccc2s1. The van der Waals surface area contributed by atoms with Crippen LogP contribution in [0.15, 0.2) is 30.3 Å². The first-order valence-electron chi connectivity index (χ1n) is 7.16. The molecule has 0 radical (unpaired) electrons. The molecule has 1 aliphatic rings. The molecule has 1 fully saturated rings. The number of benzene rings is 1. The van der Waals surface area contributed by atoms with Crippen molar-refractivity contribution in [3.63, 3.8) is 0 Å². The summed E-state index contributed by atoms with van der Waals surface area (Å²) in [5.74, 6) is 1.35. The molecule has 3 rings (SSSR count). The van der Waals surface area contributed by atoms with Crippen LogP contribution < -0.4 is 5.32 Å². The van der Waals surface area contributed by atoms with Crippen LogP contribution in [0, 0.1) is 0 Å². The molecule has 2 aromatic rings. The monoisotopic (exact) mass is 291 g/mol. The van der Waals surface area contributed by atoms with Crippen molar-refractivity contribution in [1.82, 2.24) is 5.32 Å². The molecule has 2 heterocycles. The van der Waals surface area contributed by atoms with Gasteiger partial charge in [-0.2, -0.15) is 11.8 Å². The van der Waals surface area contributed by atoms with Crippen LogP contribution in [-0.2, 0) is 0 Å². The smallest absolute Gasteiger partial charge is 0.0386 e. The summed E-state index contributed by atoms with van der Waals surface area (Å²) in [6, 6.07) is 11.5. The molecule has 1 aromatic carbocycles. The van der Waals surface area contributed by atoms with E-state index in [-0.39, 0.29) is 0 Å².